The lowest BCUT2D eigenvalue weighted by Crippen LogP contribution is -2.23. The number of benzene rings is 2. The van der Waals surface area contributed by atoms with Gasteiger partial charge < -0.3 is 10.6 Å². The number of hydrogen-bond acceptors (Lipinski definition) is 4. The maximum absolute atomic E-state index is 12.2. The van der Waals surface area contributed by atoms with Crippen LogP contribution in [0.1, 0.15) is 27.0 Å². The molecule has 3 rings (SSSR count). The van der Waals surface area contributed by atoms with Gasteiger partial charge in [0.1, 0.15) is 0 Å². The van der Waals surface area contributed by atoms with Crippen LogP contribution in [0, 0.1) is 6.92 Å². The molecule has 0 fully saturated rings. The molecule has 6 heteroatoms. The second-order valence-electron chi connectivity index (χ2n) is 5.88. The van der Waals surface area contributed by atoms with Gasteiger partial charge in [-0.05, 0) is 35.7 Å². The first-order valence-corrected chi connectivity index (χ1v) is 8.62. The number of aryl methyl sites for hydroxylation is 1. The summed E-state index contributed by atoms with van der Waals surface area (Å²) in [5, 5.41) is 6.67. The van der Waals surface area contributed by atoms with Gasteiger partial charge in [0.15, 0.2) is 0 Å². The topological polar surface area (TPSA) is 66.9 Å². The van der Waals surface area contributed by atoms with Crippen molar-refractivity contribution in [2.24, 2.45) is 0 Å². The molecule has 0 aliphatic carbocycles. The Balaban J connectivity index is 1.54. The van der Waals surface area contributed by atoms with Gasteiger partial charge in [-0.25, -0.2) is 9.97 Å². The Morgan fingerprint density at radius 1 is 1.00 bits per heavy atom. The van der Waals surface area contributed by atoms with E-state index in [2.05, 4.69) is 39.7 Å². The van der Waals surface area contributed by atoms with Crippen molar-refractivity contribution >= 4 is 23.5 Å². The molecule has 0 saturated carbocycles. The third-order valence-corrected chi connectivity index (χ3v) is 4.23. The molecule has 1 amide bonds. The minimum absolute atomic E-state index is 0.217. The maximum Gasteiger partial charge on any atom is 0.254 e. The molecule has 26 heavy (non-hydrogen) atoms. The summed E-state index contributed by atoms with van der Waals surface area (Å²) < 4.78 is 0. The van der Waals surface area contributed by atoms with Gasteiger partial charge in [0.05, 0.1) is 5.56 Å². The number of carbonyl (C=O) groups is 1. The van der Waals surface area contributed by atoms with Crippen molar-refractivity contribution in [3.05, 3.63) is 88.2 Å². The zero-order valence-electron chi connectivity index (χ0n) is 14.4. The summed E-state index contributed by atoms with van der Waals surface area (Å²) in [6.45, 7) is 3.12. The van der Waals surface area contributed by atoms with Gasteiger partial charge in [0.25, 0.3) is 5.91 Å². The molecule has 2 N–H and O–H groups in total. The number of nitrogens with zero attached hydrogens (tertiary/aromatic N) is 2. The first-order chi connectivity index (χ1) is 12.6. The van der Waals surface area contributed by atoms with Gasteiger partial charge in [-0.15, -0.1) is 0 Å². The van der Waals surface area contributed by atoms with Crippen LogP contribution in [0.5, 0.6) is 0 Å². The molecule has 0 bridgehead atoms. The van der Waals surface area contributed by atoms with E-state index in [1.807, 2.05) is 24.3 Å². The van der Waals surface area contributed by atoms with Crippen LogP contribution in [-0.4, -0.2) is 15.9 Å². The average Bonchev–Trinajstić information content (AvgIpc) is 2.67. The fourth-order valence-electron chi connectivity index (χ4n) is 2.41. The number of halogens is 1. The van der Waals surface area contributed by atoms with E-state index in [4.69, 9.17) is 11.6 Å². The molecule has 0 spiro atoms. The first kappa shape index (κ1) is 17.9. The van der Waals surface area contributed by atoms with E-state index < -0.39 is 0 Å². The predicted octanol–water partition coefficient (Wildman–Crippen LogP) is 3.98. The van der Waals surface area contributed by atoms with Crippen molar-refractivity contribution in [2.75, 3.05) is 5.32 Å². The molecule has 0 radical (unpaired) electrons. The number of anilines is 1. The molecule has 5 nitrogen and oxygen atoms in total. The Morgan fingerprint density at radius 2 is 1.69 bits per heavy atom. The fraction of sp³-hybridized carbons (Fsp3) is 0.150. The number of carbonyl (C=O) groups excluding carboxylic acids is 1. The van der Waals surface area contributed by atoms with E-state index in [1.165, 1.54) is 23.5 Å². The molecule has 1 aromatic heterocycles. The second-order valence-corrected chi connectivity index (χ2v) is 6.32. The SMILES string of the molecule is Cc1ccccc1CNc1ncc(C(=O)NCc2ccc(Cl)cc2)cn1. The molecule has 2 aromatic carbocycles. The minimum Gasteiger partial charge on any atom is -0.350 e. The fourth-order valence-corrected chi connectivity index (χ4v) is 2.53. The summed E-state index contributed by atoms with van der Waals surface area (Å²) in [5.41, 5.74) is 3.78. The molecule has 0 aliphatic heterocycles. The molecule has 3 aromatic rings. The molecule has 0 atom stereocenters. The number of rotatable bonds is 6. The van der Waals surface area contributed by atoms with Crippen molar-refractivity contribution in [2.45, 2.75) is 20.0 Å². The van der Waals surface area contributed by atoms with Crippen molar-refractivity contribution in [3.63, 3.8) is 0 Å². The van der Waals surface area contributed by atoms with Crippen LogP contribution in [0.15, 0.2) is 60.9 Å². The van der Waals surface area contributed by atoms with Crippen LogP contribution in [-0.2, 0) is 13.1 Å². The minimum atomic E-state index is -0.217. The van der Waals surface area contributed by atoms with E-state index in [0.717, 1.165) is 5.56 Å². The number of amides is 1. The first-order valence-electron chi connectivity index (χ1n) is 8.25. The van der Waals surface area contributed by atoms with Gasteiger partial charge in [-0.1, -0.05) is 48.0 Å². The highest BCUT2D eigenvalue weighted by Crippen LogP contribution is 2.10. The summed E-state index contributed by atoms with van der Waals surface area (Å²) in [6.07, 6.45) is 3.04. The monoisotopic (exact) mass is 366 g/mol. The molecular formula is C20H19ClN4O. The highest BCUT2D eigenvalue weighted by Gasteiger charge is 2.07. The summed E-state index contributed by atoms with van der Waals surface area (Å²) in [6, 6.07) is 15.5. The highest BCUT2D eigenvalue weighted by molar-refractivity contribution is 6.30. The summed E-state index contributed by atoms with van der Waals surface area (Å²) in [7, 11) is 0. The summed E-state index contributed by atoms with van der Waals surface area (Å²) in [4.78, 5) is 20.6. The Morgan fingerprint density at radius 3 is 2.38 bits per heavy atom. The Hall–Kier alpha value is -2.92. The molecular weight excluding hydrogens is 348 g/mol. The van der Waals surface area contributed by atoms with Crippen LogP contribution < -0.4 is 10.6 Å². The zero-order valence-corrected chi connectivity index (χ0v) is 15.1. The van der Waals surface area contributed by atoms with Crippen LogP contribution >= 0.6 is 11.6 Å². The number of nitrogens with one attached hydrogen (secondary N) is 2. The quantitative estimate of drug-likeness (QED) is 0.692. The molecule has 0 saturated heterocycles. The Labute approximate surface area is 157 Å². The van der Waals surface area contributed by atoms with E-state index in [1.54, 1.807) is 12.1 Å². The van der Waals surface area contributed by atoms with Crippen LogP contribution in [0.2, 0.25) is 5.02 Å². The van der Waals surface area contributed by atoms with Gasteiger partial charge in [-0.3, -0.25) is 4.79 Å². The predicted molar refractivity (Wildman–Crippen MR) is 103 cm³/mol. The lowest BCUT2D eigenvalue weighted by molar-refractivity contribution is 0.0950. The van der Waals surface area contributed by atoms with Gasteiger partial charge >= 0.3 is 0 Å². The standard InChI is InChI=1S/C20H19ClN4O/c1-14-4-2-3-5-16(14)11-23-20-24-12-17(13-25-20)19(26)22-10-15-6-8-18(21)9-7-15/h2-9,12-13H,10-11H2,1H3,(H,22,26)(H,23,24,25). The molecule has 132 valence electrons. The molecule has 0 aliphatic rings. The second kappa shape index (κ2) is 8.45. The molecule has 0 unspecified atom stereocenters. The molecule has 1 heterocycles. The Kier molecular flexibility index (Phi) is 5.81. The van der Waals surface area contributed by atoms with Crippen molar-refractivity contribution < 1.29 is 4.79 Å². The maximum atomic E-state index is 12.2. The van der Waals surface area contributed by atoms with Crippen LogP contribution in [0.4, 0.5) is 5.95 Å². The van der Waals surface area contributed by atoms with E-state index in [9.17, 15) is 4.79 Å². The summed E-state index contributed by atoms with van der Waals surface area (Å²) in [5.74, 6) is 0.271. The largest absolute Gasteiger partial charge is 0.350 e. The average molecular weight is 367 g/mol. The number of aromatic nitrogens is 2. The van der Waals surface area contributed by atoms with Gasteiger partial charge in [0, 0.05) is 30.5 Å². The third-order valence-electron chi connectivity index (χ3n) is 3.98. The van der Waals surface area contributed by atoms with E-state index in [0.29, 0.717) is 29.6 Å². The number of hydrogen-bond donors (Lipinski definition) is 2. The van der Waals surface area contributed by atoms with Crippen LogP contribution in [0.3, 0.4) is 0 Å². The normalized spacial score (nSPS) is 10.4. The lowest BCUT2D eigenvalue weighted by atomic mass is 10.1. The van der Waals surface area contributed by atoms with E-state index in [-0.39, 0.29) is 5.91 Å². The smallest absolute Gasteiger partial charge is 0.254 e. The summed E-state index contributed by atoms with van der Waals surface area (Å²) >= 11 is 5.85. The lowest BCUT2D eigenvalue weighted by Gasteiger charge is -2.08. The Bertz CT molecular complexity index is 879. The van der Waals surface area contributed by atoms with Crippen molar-refractivity contribution in [1.29, 1.82) is 0 Å². The van der Waals surface area contributed by atoms with Gasteiger partial charge in [-0.2, -0.15) is 0 Å². The van der Waals surface area contributed by atoms with Gasteiger partial charge in [0.2, 0.25) is 5.95 Å². The van der Waals surface area contributed by atoms with Crippen molar-refractivity contribution in [1.82, 2.24) is 15.3 Å². The highest BCUT2D eigenvalue weighted by atomic mass is 35.5. The van der Waals surface area contributed by atoms with E-state index >= 15 is 0 Å². The van der Waals surface area contributed by atoms with Crippen molar-refractivity contribution in [3.8, 4) is 0 Å². The third kappa shape index (κ3) is 4.80. The zero-order chi connectivity index (χ0) is 18.4. The van der Waals surface area contributed by atoms with Crippen LogP contribution in [0.25, 0.3) is 0 Å².